The van der Waals surface area contributed by atoms with Crippen LogP contribution in [0.15, 0.2) is 23.8 Å². The molecule has 2 aliphatic rings. The van der Waals surface area contributed by atoms with E-state index in [0.717, 1.165) is 18.0 Å². The van der Waals surface area contributed by atoms with Gasteiger partial charge in [0.2, 0.25) is 5.91 Å². The second-order valence-electron chi connectivity index (χ2n) is 6.96. The third-order valence-electron chi connectivity index (χ3n) is 4.96. The van der Waals surface area contributed by atoms with Crippen molar-refractivity contribution < 1.29 is 9.59 Å². The van der Waals surface area contributed by atoms with Gasteiger partial charge in [0, 0.05) is 44.0 Å². The number of hydrogen-bond donors (Lipinski definition) is 2. The number of rotatable bonds is 5. The molecule has 26 heavy (non-hydrogen) atoms. The molecule has 4 rings (SSSR count). The fraction of sp³-hybridized carbons (Fsp3) is 0.529. The first-order valence-electron chi connectivity index (χ1n) is 8.83. The monoisotopic (exact) mass is 374 g/mol. The Hall–Kier alpha value is -2.42. The number of aryl methyl sites for hydroxylation is 1. The highest BCUT2D eigenvalue weighted by Gasteiger charge is 2.44. The Morgan fingerprint density at radius 3 is 2.65 bits per heavy atom. The predicted molar refractivity (Wildman–Crippen MR) is 98.0 cm³/mol. The van der Waals surface area contributed by atoms with Crippen LogP contribution in [-0.4, -0.2) is 56.1 Å². The molecule has 1 aliphatic heterocycles. The van der Waals surface area contributed by atoms with Gasteiger partial charge in [-0.3, -0.25) is 14.3 Å². The third-order valence-corrected chi connectivity index (χ3v) is 5.65. The van der Waals surface area contributed by atoms with E-state index >= 15 is 0 Å². The number of nitrogens with one attached hydrogen (secondary N) is 2. The number of likely N-dealkylation sites (tertiary alicyclic amines) is 1. The van der Waals surface area contributed by atoms with E-state index in [4.69, 9.17) is 0 Å². The fourth-order valence-electron chi connectivity index (χ4n) is 3.23. The van der Waals surface area contributed by atoms with Crippen molar-refractivity contribution in [2.24, 2.45) is 7.05 Å². The minimum absolute atomic E-state index is 0.0140. The van der Waals surface area contributed by atoms with Crippen molar-refractivity contribution >= 4 is 28.3 Å². The van der Waals surface area contributed by atoms with E-state index in [1.807, 2.05) is 5.38 Å². The van der Waals surface area contributed by atoms with Crippen molar-refractivity contribution in [3.63, 3.8) is 0 Å². The molecule has 0 atom stereocenters. The van der Waals surface area contributed by atoms with Crippen molar-refractivity contribution in [3.05, 3.63) is 29.5 Å². The topological polar surface area (TPSA) is 92.2 Å². The minimum Gasteiger partial charge on any atom is -0.351 e. The van der Waals surface area contributed by atoms with Crippen molar-refractivity contribution in [1.29, 1.82) is 0 Å². The molecule has 1 saturated heterocycles. The Morgan fingerprint density at radius 2 is 2.08 bits per heavy atom. The highest BCUT2D eigenvalue weighted by Crippen LogP contribution is 2.30. The third kappa shape index (κ3) is 3.44. The summed E-state index contributed by atoms with van der Waals surface area (Å²) in [5.74, 6) is -0.0730. The van der Waals surface area contributed by atoms with Crippen molar-refractivity contribution in [1.82, 2.24) is 25.0 Å². The summed E-state index contributed by atoms with van der Waals surface area (Å²) in [5, 5.41) is 13.3. The molecule has 0 radical (unpaired) electrons. The Bertz CT molecular complexity index is 790. The Morgan fingerprint density at radius 1 is 1.31 bits per heavy atom. The van der Waals surface area contributed by atoms with Gasteiger partial charge in [0.1, 0.15) is 11.2 Å². The normalized spacial score (nSPS) is 19.2. The molecule has 2 aromatic heterocycles. The molecule has 2 N–H and O–H groups in total. The van der Waals surface area contributed by atoms with E-state index in [9.17, 15) is 9.59 Å². The molecule has 1 aliphatic carbocycles. The molecular weight excluding hydrogens is 352 g/mol. The molecule has 8 nitrogen and oxygen atoms in total. The zero-order chi connectivity index (χ0) is 18.1. The first kappa shape index (κ1) is 17.0. The Balaban J connectivity index is 1.47. The lowest BCUT2D eigenvalue weighted by atomic mass is 9.86. The number of carbonyl (C=O) groups is 2. The molecule has 0 spiro atoms. The van der Waals surface area contributed by atoms with Crippen LogP contribution < -0.4 is 10.6 Å². The number of amides is 2. The van der Waals surface area contributed by atoms with Gasteiger partial charge in [0.25, 0.3) is 5.91 Å². The smallest absolute Gasteiger partial charge is 0.274 e. The van der Waals surface area contributed by atoms with Gasteiger partial charge in [-0.2, -0.15) is 5.10 Å². The van der Waals surface area contributed by atoms with Gasteiger partial charge in [-0.05, 0) is 31.7 Å². The first-order chi connectivity index (χ1) is 12.6. The standard InChI is InChI=1S/C17H22N6O2S/c1-22-8-4-13(21-22)14(24)23-9-5-17(6-10-23,15(25)19-12-2-3-12)20-16-18-7-11-26-16/h4,7-8,11-12H,2-3,5-6,9-10H2,1H3,(H,18,20)(H,19,25). The lowest BCUT2D eigenvalue weighted by Gasteiger charge is -2.41. The maximum absolute atomic E-state index is 12.9. The number of aromatic nitrogens is 3. The maximum Gasteiger partial charge on any atom is 0.274 e. The van der Waals surface area contributed by atoms with Crippen LogP contribution in [0.2, 0.25) is 0 Å². The quantitative estimate of drug-likeness (QED) is 0.822. The van der Waals surface area contributed by atoms with Crippen molar-refractivity contribution in [3.8, 4) is 0 Å². The van der Waals surface area contributed by atoms with Crippen molar-refractivity contribution in [2.75, 3.05) is 18.4 Å². The van der Waals surface area contributed by atoms with Crippen LogP contribution in [0, 0.1) is 0 Å². The van der Waals surface area contributed by atoms with Gasteiger partial charge in [-0.25, -0.2) is 4.98 Å². The zero-order valence-corrected chi connectivity index (χ0v) is 15.5. The van der Waals surface area contributed by atoms with Gasteiger partial charge in [0.05, 0.1) is 0 Å². The number of nitrogens with zero attached hydrogens (tertiary/aromatic N) is 4. The molecule has 2 fully saturated rings. The molecular formula is C17H22N6O2S. The molecule has 0 aromatic carbocycles. The molecule has 2 amide bonds. The van der Waals surface area contributed by atoms with Crippen LogP contribution in [0.4, 0.5) is 5.13 Å². The fourth-order valence-corrected chi connectivity index (χ4v) is 3.86. The average Bonchev–Trinajstić information content (AvgIpc) is 3.11. The lowest BCUT2D eigenvalue weighted by molar-refractivity contribution is -0.127. The van der Waals surface area contributed by atoms with Crippen LogP contribution in [0.5, 0.6) is 0 Å². The molecule has 3 heterocycles. The van der Waals surface area contributed by atoms with Gasteiger partial charge in [-0.1, -0.05) is 0 Å². The van der Waals surface area contributed by atoms with E-state index < -0.39 is 5.54 Å². The number of thiazole rings is 1. The summed E-state index contributed by atoms with van der Waals surface area (Å²) in [6.45, 7) is 1.01. The first-order valence-corrected chi connectivity index (χ1v) is 9.71. The van der Waals surface area contributed by atoms with E-state index in [1.165, 1.54) is 11.3 Å². The number of anilines is 1. The lowest BCUT2D eigenvalue weighted by Crippen LogP contribution is -2.59. The van der Waals surface area contributed by atoms with Gasteiger partial charge in [-0.15, -0.1) is 11.3 Å². The van der Waals surface area contributed by atoms with Gasteiger partial charge >= 0.3 is 0 Å². The summed E-state index contributed by atoms with van der Waals surface area (Å²) in [7, 11) is 1.79. The molecule has 9 heteroatoms. The van der Waals surface area contributed by atoms with Crippen LogP contribution in [0.1, 0.15) is 36.2 Å². The number of hydrogen-bond acceptors (Lipinski definition) is 6. The van der Waals surface area contributed by atoms with Crippen molar-refractivity contribution in [2.45, 2.75) is 37.3 Å². The van der Waals surface area contributed by atoms with Crippen LogP contribution >= 0.6 is 11.3 Å². The summed E-state index contributed by atoms with van der Waals surface area (Å²) in [6.07, 6.45) is 6.66. The highest BCUT2D eigenvalue weighted by molar-refractivity contribution is 7.13. The van der Waals surface area contributed by atoms with Crippen LogP contribution in [-0.2, 0) is 11.8 Å². The molecule has 0 bridgehead atoms. The summed E-state index contributed by atoms with van der Waals surface area (Å²) >= 11 is 1.48. The Kier molecular flexibility index (Phi) is 4.39. The van der Waals surface area contributed by atoms with E-state index in [2.05, 4.69) is 20.7 Å². The van der Waals surface area contributed by atoms with Crippen LogP contribution in [0.25, 0.3) is 0 Å². The summed E-state index contributed by atoms with van der Waals surface area (Å²) in [6, 6.07) is 2.02. The molecule has 2 aromatic rings. The van der Waals surface area contributed by atoms with Crippen LogP contribution in [0.3, 0.4) is 0 Å². The van der Waals surface area contributed by atoms with E-state index in [-0.39, 0.29) is 11.8 Å². The summed E-state index contributed by atoms with van der Waals surface area (Å²) in [4.78, 5) is 31.6. The molecule has 0 unspecified atom stereocenters. The molecule has 1 saturated carbocycles. The minimum atomic E-state index is -0.721. The zero-order valence-electron chi connectivity index (χ0n) is 14.6. The predicted octanol–water partition coefficient (Wildman–Crippen LogP) is 1.24. The summed E-state index contributed by atoms with van der Waals surface area (Å²) < 4.78 is 1.62. The molecule has 138 valence electrons. The van der Waals surface area contributed by atoms with E-state index in [1.54, 1.807) is 35.1 Å². The largest absolute Gasteiger partial charge is 0.351 e. The van der Waals surface area contributed by atoms with Gasteiger partial charge < -0.3 is 15.5 Å². The Labute approximate surface area is 155 Å². The SMILES string of the molecule is Cn1ccc(C(=O)N2CCC(Nc3nccs3)(C(=O)NC3CC3)CC2)n1. The number of piperidine rings is 1. The number of carbonyl (C=O) groups excluding carboxylic acids is 2. The maximum atomic E-state index is 12.9. The average molecular weight is 374 g/mol. The second-order valence-corrected chi connectivity index (χ2v) is 7.85. The van der Waals surface area contributed by atoms with E-state index in [0.29, 0.717) is 37.7 Å². The summed E-state index contributed by atoms with van der Waals surface area (Å²) in [5.41, 5.74) is -0.281. The second kappa shape index (κ2) is 6.71. The van der Waals surface area contributed by atoms with Gasteiger partial charge in [0.15, 0.2) is 5.13 Å². The highest BCUT2D eigenvalue weighted by atomic mass is 32.1.